The van der Waals surface area contributed by atoms with Gasteiger partial charge in [0.15, 0.2) is 0 Å². The summed E-state index contributed by atoms with van der Waals surface area (Å²) in [6, 6.07) is 14.8. The highest BCUT2D eigenvalue weighted by molar-refractivity contribution is 7.98. The molecule has 0 aromatic heterocycles. The van der Waals surface area contributed by atoms with Gasteiger partial charge in [0, 0.05) is 10.6 Å². The molecule has 0 N–H and O–H groups in total. The van der Waals surface area contributed by atoms with E-state index in [9.17, 15) is 0 Å². The van der Waals surface area contributed by atoms with Crippen LogP contribution in [0, 0.1) is 0 Å². The lowest BCUT2D eigenvalue weighted by molar-refractivity contribution is 1.38. The summed E-state index contributed by atoms with van der Waals surface area (Å²) >= 11 is 13.7. The van der Waals surface area contributed by atoms with Crippen LogP contribution in [0.1, 0.15) is 5.56 Å². The van der Waals surface area contributed by atoms with E-state index in [0.717, 1.165) is 10.6 Å². The fraction of sp³-hybridized carbons (Fsp3) is 0.250. The molecule has 0 atom stereocenters. The van der Waals surface area contributed by atoms with E-state index in [0.29, 0.717) is 10.0 Å². The van der Waals surface area contributed by atoms with Crippen molar-refractivity contribution in [2.24, 2.45) is 0 Å². The van der Waals surface area contributed by atoms with Crippen LogP contribution in [0.15, 0.2) is 47.4 Å². The number of halogens is 2. The summed E-state index contributed by atoms with van der Waals surface area (Å²) in [4.78, 5) is 1.15. The minimum absolute atomic E-state index is 0.607. The third kappa shape index (κ3) is 4.29. The molecule has 0 saturated heterocycles. The summed E-state index contributed by atoms with van der Waals surface area (Å²) in [6.07, 6.45) is 0. The van der Waals surface area contributed by atoms with Gasteiger partial charge in [-0.3, -0.25) is 0 Å². The third-order valence-corrected chi connectivity index (χ3v) is 6.99. The van der Waals surface area contributed by atoms with Gasteiger partial charge in [0.2, 0.25) is 0 Å². The quantitative estimate of drug-likeness (QED) is 0.498. The van der Waals surface area contributed by atoms with E-state index in [1.165, 1.54) is 10.8 Å². The minimum atomic E-state index is -1.20. The standard InChI is InChI=1S/C16H18Cl2SSi/c1-20(2,3)14-7-4-12(5-8-14)11-19-13-6-9-15(17)16(18)10-13/h4-10H,11H2,1-3H3. The first-order valence-electron chi connectivity index (χ1n) is 6.53. The Labute approximate surface area is 136 Å². The van der Waals surface area contributed by atoms with Gasteiger partial charge in [0.25, 0.3) is 0 Å². The number of rotatable bonds is 4. The molecule has 0 aliphatic carbocycles. The summed E-state index contributed by atoms with van der Waals surface area (Å²) in [6.45, 7) is 7.10. The summed E-state index contributed by atoms with van der Waals surface area (Å²) in [5, 5.41) is 2.72. The van der Waals surface area contributed by atoms with Crippen molar-refractivity contribution in [3.05, 3.63) is 58.1 Å². The second-order valence-electron chi connectivity index (χ2n) is 5.81. The highest BCUT2D eigenvalue weighted by Gasteiger charge is 2.15. The molecule has 0 fully saturated rings. The highest BCUT2D eigenvalue weighted by atomic mass is 35.5. The van der Waals surface area contributed by atoms with Gasteiger partial charge < -0.3 is 0 Å². The lowest BCUT2D eigenvalue weighted by Gasteiger charge is -2.16. The van der Waals surface area contributed by atoms with Crippen molar-refractivity contribution in [1.29, 1.82) is 0 Å². The minimum Gasteiger partial charge on any atom is -0.121 e. The van der Waals surface area contributed by atoms with Crippen LogP contribution in [0.3, 0.4) is 0 Å². The zero-order valence-corrected chi connectivity index (χ0v) is 15.2. The van der Waals surface area contributed by atoms with Gasteiger partial charge >= 0.3 is 0 Å². The first-order chi connectivity index (χ1) is 9.36. The van der Waals surface area contributed by atoms with Crippen molar-refractivity contribution in [3.63, 3.8) is 0 Å². The summed E-state index contributed by atoms with van der Waals surface area (Å²) in [5.41, 5.74) is 1.34. The van der Waals surface area contributed by atoms with E-state index in [1.54, 1.807) is 11.8 Å². The highest BCUT2D eigenvalue weighted by Crippen LogP contribution is 2.29. The Bertz CT molecular complexity index is 588. The Balaban J connectivity index is 2.02. The number of thioether (sulfide) groups is 1. The van der Waals surface area contributed by atoms with E-state index in [-0.39, 0.29) is 0 Å². The van der Waals surface area contributed by atoms with E-state index >= 15 is 0 Å². The van der Waals surface area contributed by atoms with E-state index < -0.39 is 8.07 Å². The first kappa shape index (κ1) is 16.0. The van der Waals surface area contributed by atoms with E-state index in [2.05, 4.69) is 43.9 Å². The molecule has 0 nitrogen and oxygen atoms in total. The number of hydrogen-bond acceptors (Lipinski definition) is 1. The van der Waals surface area contributed by atoms with Gasteiger partial charge in [0.1, 0.15) is 0 Å². The van der Waals surface area contributed by atoms with Gasteiger partial charge in [-0.05, 0) is 23.8 Å². The SMILES string of the molecule is C[Si](C)(C)c1ccc(CSc2ccc(Cl)c(Cl)c2)cc1. The smallest absolute Gasteiger partial charge is 0.0775 e. The molecule has 4 heteroatoms. The van der Waals surface area contributed by atoms with Crippen LogP contribution in [-0.2, 0) is 5.75 Å². The average molecular weight is 341 g/mol. The molecule has 0 saturated carbocycles. The molecule has 0 amide bonds. The van der Waals surface area contributed by atoms with Crippen molar-refractivity contribution >= 4 is 48.2 Å². The van der Waals surface area contributed by atoms with Crippen molar-refractivity contribution in [2.45, 2.75) is 30.3 Å². The van der Waals surface area contributed by atoms with Gasteiger partial charge in [-0.2, -0.15) is 0 Å². The molecular weight excluding hydrogens is 323 g/mol. The molecule has 0 unspecified atom stereocenters. The Hall–Kier alpha value is -0.413. The second-order valence-corrected chi connectivity index (χ2v) is 12.8. The number of hydrogen-bond donors (Lipinski definition) is 0. The van der Waals surface area contributed by atoms with Gasteiger partial charge in [-0.1, -0.05) is 72.3 Å². The van der Waals surface area contributed by atoms with Crippen molar-refractivity contribution in [2.75, 3.05) is 0 Å². The van der Waals surface area contributed by atoms with Crippen LogP contribution in [-0.4, -0.2) is 8.07 Å². The molecule has 20 heavy (non-hydrogen) atoms. The largest absolute Gasteiger partial charge is 0.121 e. The normalized spacial score (nSPS) is 11.7. The molecule has 2 rings (SSSR count). The number of benzene rings is 2. The van der Waals surface area contributed by atoms with Crippen molar-refractivity contribution in [1.82, 2.24) is 0 Å². The van der Waals surface area contributed by atoms with Crippen LogP contribution in [0.5, 0.6) is 0 Å². The van der Waals surface area contributed by atoms with Crippen LogP contribution in [0.4, 0.5) is 0 Å². The molecule has 0 radical (unpaired) electrons. The van der Waals surface area contributed by atoms with Crippen LogP contribution < -0.4 is 5.19 Å². The maximum atomic E-state index is 6.03. The molecular formula is C16H18Cl2SSi. The fourth-order valence-corrected chi connectivity index (χ4v) is 4.25. The molecule has 2 aromatic rings. The van der Waals surface area contributed by atoms with Crippen LogP contribution >= 0.6 is 35.0 Å². The Morgan fingerprint density at radius 2 is 1.55 bits per heavy atom. The first-order valence-corrected chi connectivity index (χ1v) is 11.8. The lowest BCUT2D eigenvalue weighted by Crippen LogP contribution is -2.37. The molecule has 0 bridgehead atoms. The Kier molecular flexibility index (Phi) is 5.24. The third-order valence-electron chi connectivity index (χ3n) is 3.12. The van der Waals surface area contributed by atoms with E-state index in [4.69, 9.17) is 23.2 Å². The average Bonchev–Trinajstić information content (AvgIpc) is 2.40. The predicted molar refractivity (Wildman–Crippen MR) is 95.4 cm³/mol. The van der Waals surface area contributed by atoms with Crippen molar-refractivity contribution in [3.8, 4) is 0 Å². The predicted octanol–water partition coefficient (Wildman–Crippen LogP) is 5.83. The van der Waals surface area contributed by atoms with Gasteiger partial charge in [-0.25, -0.2) is 0 Å². The van der Waals surface area contributed by atoms with E-state index in [1.807, 2.05) is 18.2 Å². The van der Waals surface area contributed by atoms with Crippen LogP contribution in [0.2, 0.25) is 29.7 Å². The molecule has 0 heterocycles. The summed E-state index contributed by atoms with van der Waals surface area (Å²) < 4.78 is 0. The fourth-order valence-electron chi connectivity index (χ4n) is 1.83. The Morgan fingerprint density at radius 1 is 0.900 bits per heavy atom. The molecule has 2 aromatic carbocycles. The molecule has 0 spiro atoms. The topological polar surface area (TPSA) is 0 Å². The second kappa shape index (κ2) is 6.57. The monoisotopic (exact) mass is 340 g/mol. The molecule has 0 aliphatic heterocycles. The Morgan fingerprint density at radius 3 is 2.10 bits per heavy atom. The van der Waals surface area contributed by atoms with Gasteiger partial charge in [0.05, 0.1) is 18.1 Å². The van der Waals surface area contributed by atoms with Gasteiger partial charge in [-0.15, -0.1) is 11.8 Å². The maximum absolute atomic E-state index is 6.03. The summed E-state index contributed by atoms with van der Waals surface area (Å²) in [5.74, 6) is 0.948. The maximum Gasteiger partial charge on any atom is 0.0775 e. The van der Waals surface area contributed by atoms with Crippen molar-refractivity contribution < 1.29 is 0 Å². The molecule has 0 aliphatic rings. The van der Waals surface area contributed by atoms with Crippen LogP contribution in [0.25, 0.3) is 0 Å². The zero-order chi connectivity index (χ0) is 14.8. The lowest BCUT2D eigenvalue weighted by atomic mass is 10.2. The zero-order valence-electron chi connectivity index (χ0n) is 11.9. The molecule has 106 valence electrons. The summed E-state index contributed by atoms with van der Waals surface area (Å²) in [7, 11) is -1.20.